The molecule has 0 N–H and O–H groups in total. The minimum atomic E-state index is -0.469. The predicted octanol–water partition coefficient (Wildman–Crippen LogP) is 6.40. The van der Waals surface area contributed by atoms with E-state index in [2.05, 4.69) is 52.9 Å². The van der Waals surface area contributed by atoms with Crippen molar-refractivity contribution < 1.29 is 14.3 Å². The summed E-state index contributed by atoms with van der Waals surface area (Å²) in [7, 11) is 0. The molecule has 0 aliphatic heterocycles. The summed E-state index contributed by atoms with van der Waals surface area (Å²) in [4.78, 5) is 29.6. The maximum Gasteiger partial charge on any atom is 0.308 e. The van der Waals surface area contributed by atoms with Gasteiger partial charge in [0.15, 0.2) is 11.5 Å². The lowest BCUT2D eigenvalue weighted by molar-refractivity contribution is -0.132. The van der Waals surface area contributed by atoms with E-state index < -0.39 is 5.97 Å². The van der Waals surface area contributed by atoms with E-state index in [-0.39, 0.29) is 17.2 Å². The van der Waals surface area contributed by atoms with Crippen LogP contribution in [0.15, 0.2) is 47.6 Å². The Hall–Kier alpha value is -2.04. The van der Waals surface area contributed by atoms with Crippen molar-refractivity contribution in [1.82, 2.24) is 9.66 Å². The minimum absolute atomic E-state index is 0.0170. The highest BCUT2D eigenvalue weighted by molar-refractivity contribution is 9.13. The first-order valence-electron chi connectivity index (χ1n) is 10.3. The standard InChI is InChI=1S/C23H22Br3N3O4/c1-5-12(3)22-28-17-8-7-15(24)10-16(17)23(31)29(22)27-11-14-9-18(32-6-2)21(33-13(4)30)20(26)19(14)25/h7-12H,5-6H2,1-4H3/t12-/m1/s1. The van der Waals surface area contributed by atoms with Crippen LogP contribution in [-0.4, -0.2) is 28.5 Å². The number of hydrogen-bond donors (Lipinski definition) is 0. The molecule has 2 aromatic carbocycles. The highest BCUT2D eigenvalue weighted by Crippen LogP contribution is 2.42. The molecule has 1 atom stereocenters. The molecule has 0 unspecified atom stereocenters. The average Bonchev–Trinajstić information content (AvgIpc) is 2.78. The van der Waals surface area contributed by atoms with Crippen LogP contribution in [0.25, 0.3) is 10.9 Å². The summed E-state index contributed by atoms with van der Waals surface area (Å²) < 4.78 is 14.2. The van der Waals surface area contributed by atoms with E-state index in [0.29, 0.717) is 43.6 Å². The molecule has 0 spiro atoms. The summed E-state index contributed by atoms with van der Waals surface area (Å²) in [6.07, 6.45) is 2.35. The zero-order valence-corrected chi connectivity index (χ0v) is 23.2. The van der Waals surface area contributed by atoms with Gasteiger partial charge in [-0.2, -0.15) is 9.78 Å². The summed E-state index contributed by atoms with van der Waals surface area (Å²) >= 11 is 10.4. The zero-order chi connectivity index (χ0) is 24.3. The van der Waals surface area contributed by atoms with Gasteiger partial charge in [-0.15, -0.1) is 0 Å². The first-order chi connectivity index (χ1) is 15.7. The molecule has 1 heterocycles. The molecule has 0 aliphatic rings. The molecule has 3 rings (SSSR count). The number of esters is 1. The fraction of sp³-hybridized carbons (Fsp3) is 0.304. The lowest BCUT2D eigenvalue weighted by atomic mass is 10.1. The Morgan fingerprint density at radius 3 is 2.58 bits per heavy atom. The van der Waals surface area contributed by atoms with Crippen LogP contribution in [0.4, 0.5) is 0 Å². The molecule has 7 nitrogen and oxygen atoms in total. The van der Waals surface area contributed by atoms with Crippen molar-refractivity contribution in [3.8, 4) is 11.5 Å². The van der Waals surface area contributed by atoms with Gasteiger partial charge < -0.3 is 9.47 Å². The molecule has 0 saturated carbocycles. The number of benzene rings is 2. The number of halogens is 3. The van der Waals surface area contributed by atoms with Crippen molar-refractivity contribution in [2.45, 2.75) is 40.0 Å². The van der Waals surface area contributed by atoms with Crippen LogP contribution in [-0.2, 0) is 4.79 Å². The van der Waals surface area contributed by atoms with E-state index >= 15 is 0 Å². The van der Waals surface area contributed by atoms with Gasteiger partial charge in [0.1, 0.15) is 5.82 Å². The van der Waals surface area contributed by atoms with Crippen LogP contribution in [0.2, 0.25) is 0 Å². The molecule has 0 amide bonds. The van der Waals surface area contributed by atoms with Gasteiger partial charge in [-0.3, -0.25) is 9.59 Å². The number of fused-ring (bicyclic) bond motifs is 1. The van der Waals surface area contributed by atoms with E-state index in [1.54, 1.807) is 18.3 Å². The highest BCUT2D eigenvalue weighted by Gasteiger charge is 2.19. The van der Waals surface area contributed by atoms with E-state index in [9.17, 15) is 9.59 Å². The maximum absolute atomic E-state index is 13.3. The monoisotopic (exact) mass is 641 g/mol. The number of carbonyl (C=O) groups is 1. The van der Waals surface area contributed by atoms with E-state index in [4.69, 9.17) is 14.5 Å². The zero-order valence-electron chi connectivity index (χ0n) is 18.5. The van der Waals surface area contributed by atoms with Crippen LogP contribution < -0.4 is 15.0 Å². The smallest absolute Gasteiger partial charge is 0.308 e. The highest BCUT2D eigenvalue weighted by atomic mass is 79.9. The Kier molecular flexibility index (Phi) is 8.47. The molecule has 3 aromatic rings. The van der Waals surface area contributed by atoms with Crippen molar-refractivity contribution in [2.24, 2.45) is 5.10 Å². The molecule has 0 saturated heterocycles. The molecule has 0 aliphatic carbocycles. The third-order valence-electron chi connectivity index (χ3n) is 4.90. The Morgan fingerprint density at radius 1 is 1.21 bits per heavy atom. The third kappa shape index (κ3) is 5.55. The van der Waals surface area contributed by atoms with Gasteiger partial charge in [-0.25, -0.2) is 4.98 Å². The summed E-state index contributed by atoms with van der Waals surface area (Å²) in [6.45, 7) is 7.57. The summed E-state index contributed by atoms with van der Waals surface area (Å²) in [5.74, 6) is 0.763. The first kappa shape index (κ1) is 25.6. The van der Waals surface area contributed by atoms with Gasteiger partial charge in [0.25, 0.3) is 5.56 Å². The molecule has 10 heteroatoms. The Balaban J connectivity index is 2.20. The third-order valence-corrected chi connectivity index (χ3v) is 7.54. The largest absolute Gasteiger partial charge is 0.490 e. The van der Waals surface area contributed by atoms with Crippen molar-refractivity contribution in [2.75, 3.05) is 6.61 Å². The predicted molar refractivity (Wildman–Crippen MR) is 140 cm³/mol. The molecule has 0 radical (unpaired) electrons. The number of aromatic nitrogens is 2. The lowest BCUT2D eigenvalue weighted by Crippen LogP contribution is -2.23. The Morgan fingerprint density at radius 2 is 1.94 bits per heavy atom. The molecule has 0 bridgehead atoms. The molecule has 0 fully saturated rings. The number of ether oxygens (including phenoxy) is 2. The lowest BCUT2D eigenvalue weighted by Gasteiger charge is -2.15. The molecule has 33 heavy (non-hydrogen) atoms. The summed E-state index contributed by atoms with van der Waals surface area (Å²) in [5.41, 5.74) is 0.986. The molecular weight excluding hydrogens is 622 g/mol. The fourth-order valence-electron chi connectivity index (χ4n) is 3.10. The van der Waals surface area contributed by atoms with Crippen molar-refractivity contribution in [3.05, 3.63) is 59.4 Å². The second-order valence-corrected chi connectivity index (χ2v) is 9.75. The van der Waals surface area contributed by atoms with E-state index in [1.807, 2.05) is 32.9 Å². The molecular formula is C23H22Br3N3O4. The second kappa shape index (κ2) is 10.9. The number of carbonyl (C=O) groups excluding carboxylic acids is 1. The van der Waals surface area contributed by atoms with Crippen LogP contribution in [0.5, 0.6) is 11.5 Å². The van der Waals surface area contributed by atoms with E-state index in [0.717, 1.165) is 10.9 Å². The number of hydrogen-bond acceptors (Lipinski definition) is 6. The fourth-order valence-corrected chi connectivity index (χ4v) is 4.36. The first-order valence-corrected chi connectivity index (χ1v) is 12.7. The van der Waals surface area contributed by atoms with Crippen LogP contribution in [0, 0.1) is 0 Å². The maximum atomic E-state index is 13.3. The van der Waals surface area contributed by atoms with Crippen molar-refractivity contribution in [1.29, 1.82) is 0 Å². The van der Waals surface area contributed by atoms with Gasteiger partial charge in [-0.1, -0.05) is 29.8 Å². The summed E-state index contributed by atoms with van der Waals surface area (Å²) in [5, 5.41) is 4.97. The van der Waals surface area contributed by atoms with Crippen LogP contribution in [0.1, 0.15) is 51.4 Å². The van der Waals surface area contributed by atoms with E-state index in [1.165, 1.54) is 11.6 Å². The van der Waals surface area contributed by atoms with Gasteiger partial charge in [0.05, 0.1) is 28.2 Å². The minimum Gasteiger partial charge on any atom is -0.490 e. The van der Waals surface area contributed by atoms with Crippen molar-refractivity contribution in [3.63, 3.8) is 0 Å². The quantitative estimate of drug-likeness (QED) is 0.169. The van der Waals surface area contributed by atoms with Gasteiger partial charge in [-0.05, 0) is 69.5 Å². The summed E-state index contributed by atoms with van der Waals surface area (Å²) in [6, 6.07) is 7.11. The van der Waals surface area contributed by atoms with Gasteiger partial charge in [0, 0.05) is 27.4 Å². The number of nitrogens with zero attached hydrogens (tertiary/aromatic N) is 3. The topological polar surface area (TPSA) is 82.8 Å². The van der Waals surface area contributed by atoms with Crippen LogP contribution >= 0.6 is 47.8 Å². The van der Waals surface area contributed by atoms with Crippen LogP contribution in [0.3, 0.4) is 0 Å². The number of rotatable bonds is 7. The normalized spacial score (nSPS) is 12.3. The van der Waals surface area contributed by atoms with Crippen molar-refractivity contribution >= 4 is 70.9 Å². The Bertz CT molecular complexity index is 1300. The van der Waals surface area contributed by atoms with Gasteiger partial charge in [0.2, 0.25) is 0 Å². The second-order valence-electron chi connectivity index (χ2n) is 7.25. The van der Waals surface area contributed by atoms with Gasteiger partial charge >= 0.3 is 5.97 Å². The molecule has 174 valence electrons. The molecule has 1 aromatic heterocycles. The Labute approximate surface area is 216 Å². The average molecular weight is 644 g/mol. The SMILES string of the molecule is CCOc1cc(C=Nn2c([C@H](C)CC)nc3ccc(Br)cc3c2=O)c(Br)c(Br)c1OC(C)=O.